The Bertz CT molecular complexity index is 1310. The van der Waals surface area contributed by atoms with Gasteiger partial charge in [0.25, 0.3) is 5.91 Å². The van der Waals surface area contributed by atoms with E-state index in [0.29, 0.717) is 47.0 Å². The smallest absolute Gasteiger partial charge is 0.274 e. The Kier molecular flexibility index (Phi) is 6.09. The highest BCUT2D eigenvalue weighted by Gasteiger charge is 2.37. The van der Waals surface area contributed by atoms with Crippen molar-refractivity contribution in [1.29, 1.82) is 5.26 Å². The van der Waals surface area contributed by atoms with E-state index in [1.54, 1.807) is 6.92 Å². The second-order valence-electron chi connectivity index (χ2n) is 9.39. The predicted molar refractivity (Wildman–Crippen MR) is 128 cm³/mol. The van der Waals surface area contributed by atoms with Crippen LogP contribution < -0.4 is 4.90 Å². The van der Waals surface area contributed by atoms with E-state index < -0.39 is 12.4 Å². The molecule has 2 aliphatic rings. The van der Waals surface area contributed by atoms with E-state index in [1.807, 2.05) is 19.9 Å². The fourth-order valence-corrected chi connectivity index (χ4v) is 5.05. The number of anilines is 1. The molecule has 2 aromatic heterocycles. The summed E-state index contributed by atoms with van der Waals surface area (Å²) in [5.41, 5.74) is 5.12. The van der Waals surface area contributed by atoms with Crippen molar-refractivity contribution >= 4 is 11.6 Å². The Labute approximate surface area is 199 Å². The largest absolute Gasteiger partial charge is 0.392 e. The number of aliphatic hydroxyl groups is 1. The van der Waals surface area contributed by atoms with Crippen molar-refractivity contribution in [1.82, 2.24) is 14.3 Å². The van der Waals surface area contributed by atoms with Crippen LogP contribution >= 0.6 is 0 Å². The molecule has 0 fully saturated rings. The highest BCUT2D eigenvalue weighted by Crippen LogP contribution is 2.40. The van der Waals surface area contributed by atoms with Crippen LogP contribution in [0.5, 0.6) is 0 Å². The number of amides is 1. The number of halogens is 1. The SMILES string of the molecule is CC.Cc1nn(-c2cc(F)cc(N3CCn4c(cc5c4CC(C)(C)C5)C3=O)c2CO)cc1C#N. The molecule has 0 bridgehead atoms. The summed E-state index contributed by atoms with van der Waals surface area (Å²) in [5, 5.41) is 23.7. The minimum Gasteiger partial charge on any atom is -0.392 e. The maximum absolute atomic E-state index is 14.7. The molecule has 0 atom stereocenters. The minimum atomic E-state index is -0.545. The fourth-order valence-electron chi connectivity index (χ4n) is 5.05. The summed E-state index contributed by atoms with van der Waals surface area (Å²) >= 11 is 0. The van der Waals surface area contributed by atoms with Gasteiger partial charge in [-0.15, -0.1) is 0 Å². The first kappa shape index (κ1) is 23.7. The van der Waals surface area contributed by atoms with E-state index >= 15 is 0 Å². The van der Waals surface area contributed by atoms with Crippen LogP contribution in [0.2, 0.25) is 0 Å². The van der Waals surface area contributed by atoms with Gasteiger partial charge in [0.05, 0.1) is 29.2 Å². The van der Waals surface area contributed by atoms with Crippen molar-refractivity contribution in [3.05, 3.63) is 64.0 Å². The summed E-state index contributed by atoms with van der Waals surface area (Å²) in [7, 11) is 0. The van der Waals surface area contributed by atoms with Crippen LogP contribution in [0.4, 0.5) is 10.1 Å². The topological polar surface area (TPSA) is 87.1 Å². The summed E-state index contributed by atoms with van der Waals surface area (Å²) in [5.74, 6) is -0.749. The molecule has 8 heteroatoms. The molecule has 0 radical (unpaired) electrons. The molecule has 1 amide bonds. The van der Waals surface area contributed by atoms with Gasteiger partial charge >= 0.3 is 0 Å². The lowest BCUT2D eigenvalue weighted by atomic mass is 9.90. The standard InChI is InChI=1S/C24H24FN5O2.C2H6/c1-14-16(11-26)12-30(27-14)20-8-17(25)7-19(18(20)13-31)29-5-4-28-21(23(29)32)6-15-9-24(2,3)10-22(15)28;1-2/h6-8,12,31H,4-5,9-10,13H2,1-3H3;1-2H3. The van der Waals surface area contributed by atoms with Gasteiger partial charge in [-0.05, 0) is 42.9 Å². The number of hydrogen-bond donors (Lipinski definition) is 1. The molecule has 0 unspecified atom stereocenters. The maximum atomic E-state index is 14.7. The second-order valence-corrected chi connectivity index (χ2v) is 9.39. The predicted octanol–water partition coefficient (Wildman–Crippen LogP) is 4.30. The summed E-state index contributed by atoms with van der Waals surface area (Å²) in [6.07, 6.45) is 3.37. The Balaban J connectivity index is 0.00000133. The molecule has 34 heavy (non-hydrogen) atoms. The minimum absolute atomic E-state index is 0.193. The number of aliphatic hydroxyl groups excluding tert-OH is 1. The van der Waals surface area contributed by atoms with Gasteiger partial charge in [-0.1, -0.05) is 27.7 Å². The lowest BCUT2D eigenvalue weighted by molar-refractivity contribution is 0.0963. The number of nitriles is 1. The highest BCUT2D eigenvalue weighted by atomic mass is 19.1. The van der Waals surface area contributed by atoms with Gasteiger partial charge in [0, 0.05) is 36.6 Å². The zero-order chi connectivity index (χ0) is 24.8. The number of hydrogen-bond acceptors (Lipinski definition) is 4. The average Bonchev–Trinajstić information content (AvgIpc) is 3.44. The van der Waals surface area contributed by atoms with E-state index in [4.69, 9.17) is 0 Å². The Morgan fingerprint density at radius 3 is 2.53 bits per heavy atom. The quantitative estimate of drug-likeness (QED) is 0.628. The van der Waals surface area contributed by atoms with E-state index in [-0.39, 0.29) is 11.3 Å². The number of nitrogens with zero attached hydrogens (tertiary/aromatic N) is 5. The number of rotatable bonds is 3. The molecule has 3 heterocycles. The third-order valence-electron chi connectivity index (χ3n) is 6.51. The Hall–Kier alpha value is -3.44. The van der Waals surface area contributed by atoms with Crippen molar-refractivity contribution in [2.24, 2.45) is 5.41 Å². The Morgan fingerprint density at radius 1 is 1.18 bits per heavy atom. The first-order chi connectivity index (χ1) is 16.2. The molecule has 3 aromatic rings. The molecule has 1 aromatic carbocycles. The lowest BCUT2D eigenvalue weighted by Gasteiger charge is -2.31. The van der Waals surface area contributed by atoms with Crippen LogP contribution in [0.1, 0.15) is 66.3 Å². The summed E-state index contributed by atoms with van der Waals surface area (Å²) in [6.45, 7) is 10.7. The first-order valence-electron chi connectivity index (χ1n) is 11.7. The zero-order valence-corrected chi connectivity index (χ0v) is 20.3. The van der Waals surface area contributed by atoms with Crippen molar-refractivity contribution in [3.8, 4) is 11.8 Å². The Morgan fingerprint density at radius 2 is 1.88 bits per heavy atom. The normalized spacial score (nSPS) is 15.9. The van der Waals surface area contributed by atoms with Gasteiger partial charge < -0.3 is 14.6 Å². The van der Waals surface area contributed by atoms with Gasteiger partial charge in [0.15, 0.2) is 0 Å². The van der Waals surface area contributed by atoms with Crippen molar-refractivity contribution in [2.75, 3.05) is 11.4 Å². The van der Waals surface area contributed by atoms with Crippen molar-refractivity contribution in [3.63, 3.8) is 0 Å². The molecular formula is C26H30FN5O2. The average molecular weight is 464 g/mol. The van der Waals surface area contributed by atoms with Gasteiger partial charge in [0.2, 0.25) is 0 Å². The van der Waals surface area contributed by atoms with Gasteiger partial charge in [-0.2, -0.15) is 10.4 Å². The van der Waals surface area contributed by atoms with Crippen molar-refractivity contribution in [2.45, 2.75) is 60.6 Å². The van der Waals surface area contributed by atoms with Crippen LogP contribution in [0, 0.1) is 29.5 Å². The third-order valence-corrected chi connectivity index (χ3v) is 6.51. The number of aromatic nitrogens is 3. The van der Waals surface area contributed by atoms with Crippen molar-refractivity contribution < 1.29 is 14.3 Å². The van der Waals surface area contributed by atoms with Crippen LogP contribution in [0.25, 0.3) is 5.69 Å². The number of benzene rings is 1. The number of fused-ring (bicyclic) bond motifs is 3. The molecule has 0 saturated heterocycles. The van der Waals surface area contributed by atoms with Crippen LogP contribution in [-0.4, -0.2) is 31.9 Å². The highest BCUT2D eigenvalue weighted by molar-refractivity contribution is 6.06. The van der Waals surface area contributed by atoms with Crippen LogP contribution in [0.15, 0.2) is 24.4 Å². The number of aryl methyl sites for hydroxylation is 1. The van der Waals surface area contributed by atoms with Gasteiger partial charge in [-0.25, -0.2) is 9.07 Å². The van der Waals surface area contributed by atoms with Crippen LogP contribution in [-0.2, 0) is 26.0 Å². The fraction of sp³-hybridized carbons (Fsp3) is 0.423. The summed E-state index contributed by atoms with van der Waals surface area (Å²) in [4.78, 5) is 15.0. The molecule has 1 aliphatic carbocycles. The molecule has 5 rings (SSSR count). The molecule has 1 N–H and O–H groups in total. The number of carbonyl (C=O) groups excluding carboxylic acids is 1. The molecule has 178 valence electrons. The lowest BCUT2D eigenvalue weighted by Crippen LogP contribution is -2.41. The molecular weight excluding hydrogens is 433 g/mol. The van der Waals surface area contributed by atoms with E-state index in [9.17, 15) is 19.6 Å². The van der Waals surface area contributed by atoms with E-state index in [0.717, 1.165) is 12.8 Å². The monoisotopic (exact) mass is 463 g/mol. The van der Waals surface area contributed by atoms with Gasteiger partial charge in [0.1, 0.15) is 17.6 Å². The first-order valence-corrected chi connectivity index (χ1v) is 11.7. The zero-order valence-electron chi connectivity index (χ0n) is 20.3. The second kappa shape index (κ2) is 8.73. The molecule has 7 nitrogen and oxygen atoms in total. The maximum Gasteiger partial charge on any atom is 0.274 e. The van der Waals surface area contributed by atoms with E-state index in [2.05, 4.69) is 29.6 Å². The number of carbonyl (C=O) groups is 1. The molecule has 0 saturated carbocycles. The molecule has 1 aliphatic heterocycles. The van der Waals surface area contributed by atoms with E-state index in [1.165, 1.54) is 39.2 Å². The molecule has 0 spiro atoms. The van der Waals surface area contributed by atoms with Crippen LogP contribution in [0.3, 0.4) is 0 Å². The summed E-state index contributed by atoms with van der Waals surface area (Å²) in [6, 6.07) is 6.56. The van der Waals surface area contributed by atoms with Gasteiger partial charge in [-0.3, -0.25) is 4.79 Å². The summed E-state index contributed by atoms with van der Waals surface area (Å²) < 4.78 is 18.2. The third kappa shape index (κ3) is 3.80.